The van der Waals surface area contributed by atoms with Crippen molar-refractivity contribution in [1.82, 2.24) is 19.5 Å². The Morgan fingerprint density at radius 1 is 1.13 bits per heavy atom. The first-order chi connectivity index (χ1) is 15.0. The Morgan fingerprint density at radius 2 is 1.87 bits per heavy atom. The molecule has 3 aromatic rings. The summed E-state index contributed by atoms with van der Waals surface area (Å²) in [6.45, 7) is 0. The van der Waals surface area contributed by atoms with Gasteiger partial charge in [0.05, 0.1) is 0 Å². The molecule has 0 saturated heterocycles. The zero-order valence-electron chi connectivity index (χ0n) is 16.8. The second-order valence-electron chi connectivity index (χ2n) is 8.10. The SMILES string of the molecule is O=C(CCCSc1nc(C2CC2)nc2c1c(=O)[nH]c(=O)n2C1CC1)c1ccc(F)cc1. The summed E-state index contributed by atoms with van der Waals surface area (Å²) >= 11 is 1.41. The zero-order chi connectivity index (χ0) is 21.5. The fourth-order valence-electron chi connectivity index (χ4n) is 3.62. The molecule has 1 N–H and O–H groups in total. The van der Waals surface area contributed by atoms with Crippen molar-refractivity contribution < 1.29 is 9.18 Å². The molecule has 2 heterocycles. The van der Waals surface area contributed by atoms with Crippen LogP contribution in [-0.4, -0.2) is 31.1 Å². The van der Waals surface area contributed by atoms with Gasteiger partial charge in [-0.2, -0.15) is 0 Å². The number of carbonyl (C=O) groups is 1. The van der Waals surface area contributed by atoms with E-state index in [1.807, 2.05) is 0 Å². The Hall–Kier alpha value is -2.81. The standard InChI is InChI=1S/C22H21FN4O3S/c23-14-7-5-12(6-8-14)16(28)2-1-11-31-21-17-19(24-18(25-21)13-3-4-13)27(15-9-10-15)22(30)26-20(17)29/h5-8,13,15H,1-4,9-11H2,(H,26,29,30). The number of rotatable bonds is 8. The van der Waals surface area contributed by atoms with Crippen LogP contribution in [0.25, 0.3) is 11.0 Å². The first-order valence-electron chi connectivity index (χ1n) is 10.5. The van der Waals surface area contributed by atoms with Crippen molar-refractivity contribution in [3.05, 3.63) is 62.3 Å². The van der Waals surface area contributed by atoms with E-state index in [4.69, 9.17) is 0 Å². The molecule has 160 valence electrons. The quantitative estimate of drug-likeness (QED) is 0.249. The van der Waals surface area contributed by atoms with Gasteiger partial charge in [0.25, 0.3) is 5.56 Å². The lowest BCUT2D eigenvalue weighted by Gasteiger charge is -2.11. The van der Waals surface area contributed by atoms with Crippen LogP contribution in [-0.2, 0) is 0 Å². The molecule has 0 unspecified atom stereocenters. The van der Waals surface area contributed by atoms with Gasteiger partial charge in [-0.05, 0) is 62.1 Å². The maximum Gasteiger partial charge on any atom is 0.330 e. The number of thioether (sulfide) groups is 1. The summed E-state index contributed by atoms with van der Waals surface area (Å²) in [5.41, 5.74) is 0.0308. The van der Waals surface area contributed by atoms with E-state index in [9.17, 15) is 18.8 Å². The van der Waals surface area contributed by atoms with Gasteiger partial charge in [-0.3, -0.25) is 19.1 Å². The number of nitrogens with one attached hydrogen (secondary N) is 1. The van der Waals surface area contributed by atoms with Gasteiger partial charge < -0.3 is 0 Å². The van der Waals surface area contributed by atoms with Crippen molar-refractivity contribution in [3.63, 3.8) is 0 Å². The van der Waals surface area contributed by atoms with Crippen LogP contribution in [0.15, 0.2) is 38.9 Å². The molecule has 0 atom stereocenters. The molecule has 0 radical (unpaired) electrons. The maximum atomic E-state index is 13.0. The van der Waals surface area contributed by atoms with Crippen molar-refractivity contribution in [1.29, 1.82) is 0 Å². The Kier molecular flexibility index (Phi) is 5.21. The second-order valence-corrected chi connectivity index (χ2v) is 9.19. The number of benzene rings is 1. The number of fused-ring (bicyclic) bond motifs is 1. The number of H-pyrrole nitrogens is 1. The highest BCUT2D eigenvalue weighted by molar-refractivity contribution is 7.99. The number of aromatic amines is 1. The Balaban J connectivity index is 1.38. The number of hydrogen-bond donors (Lipinski definition) is 1. The molecular formula is C22H21FN4O3S. The van der Waals surface area contributed by atoms with E-state index in [1.165, 1.54) is 36.0 Å². The Labute approximate surface area is 181 Å². The van der Waals surface area contributed by atoms with Gasteiger partial charge >= 0.3 is 5.69 Å². The average molecular weight is 441 g/mol. The summed E-state index contributed by atoms with van der Waals surface area (Å²) in [7, 11) is 0. The lowest BCUT2D eigenvalue weighted by atomic mass is 10.1. The van der Waals surface area contributed by atoms with Gasteiger partial charge in [0, 0.05) is 23.9 Å². The van der Waals surface area contributed by atoms with Gasteiger partial charge in [0.1, 0.15) is 22.1 Å². The summed E-state index contributed by atoms with van der Waals surface area (Å²) in [5.74, 6) is 1.14. The molecule has 2 aromatic heterocycles. The van der Waals surface area contributed by atoms with Gasteiger partial charge in [-0.1, -0.05) is 0 Å². The number of carbonyl (C=O) groups excluding carboxylic acids is 1. The minimum atomic E-state index is -0.468. The van der Waals surface area contributed by atoms with E-state index >= 15 is 0 Å². The lowest BCUT2D eigenvalue weighted by Crippen LogP contribution is -2.31. The lowest BCUT2D eigenvalue weighted by molar-refractivity contribution is 0.0982. The fourth-order valence-corrected chi connectivity index (χ4v) is 4.58. The molecule has 2 aliphatic carbocycles. The first kappa shape index (κ1) is 20.1. The Bertz CT molecular complexity index is 1280. The molecule has 0 amide bonds. The molecule has 9 heteroatoms. The van der Waals surface area contributed by atoms with Crippen molar-refractivity contribution in [2.45, 2.75) is 55.5 Å². The monoisotopic (exact) mass is 440 g/mol. The number of hydrogen-bond acceptors (Lipinski definition) is 6. The van der Waals surface area contributed by atoms with Gasteiger partial charge in [0.2, 0.25) is 0 Å². The average Bonchev–Trinajstić information content (AvgIpc) is 3.64. The van der Waals surface area contributed by atoms with E-state index in [0.29, 0.717) is 46.0 Å². The number of Topliss-reactive ketones (excluding diaryl/α,β-unsaturated/α-hetero) is 1. The van der Waals surface area contributed by atoms with Crippen LogP contribution in [0.5, 0.6) is 0 Å². The smallest absolute Gasteiger partial charge is 0.294 e. The fraction of sp³-hybridized carbons (Fsp3) is 0.409. The predicted octanol–water partition coefficient (Wildman–Crippen LogP) is 3.59. The van der Waals surface area contributed by atoms with Crippen molar-refractivity contribution in [2.24, 2.45) is 0 Å². The van der Waals surface area contributed by atoms with E-state index in [1.54, 1.807) is 4.57 Å². The molecule has 0 bridgehead atoms. The minimum Gasteiger partial charge on any atom is -0.294 e. The van der Waals surface area contributed by atoms with Gasteiger partial charge in [-0.15, -0.1) is 11.8 Å². The third kappa shape index (κ3) is 4.19. The molecule has 2 fully saturated rings. The Morgan fingerprint density at radius 3 is 2.55 bits per heavy atom. The molecule has 31 heavy (non-hydrogen) atoms. The van der Waals surface area contributed by atoms with Crippen LogP contribution in [0, 0.1) is 5.82 Å². The summed E-state index contributed by atoms with van der Waals surface area (Å²) in [5, 5.41) is 0.919. The van der Waals surface area contributed by atoms with E-state index in [0.717, 1.165) is 25.7 Å². The van der Waals surface area contributed by atoms with E-state index in [-0.39, 0.29) is 23.6 Å². The molecule has 2 aliphatic rings. The minimum absolute atomic E-state index is 0.0489. The molecule has 2 saturated carbocycles. The third-order valence-electron chi connectivity index (χ3n) is 5.58. The summed E-state index contributed by atoms with van der Waals surface area (Å²) in [6, 6.07) is 5.61. The molecule has 5 rings (SSSR count). The number of halogens is 1. The summed E-state index contributed by atoms with van der Waals surface area (Å²) in [4.78, 5) is 49.0. The molecular weight excluding hydrogens is 419 g/mol. The largest absolute Gasteiger partial charge is 0.330 e. The van der Waals surface area contributed by atoms with Crippen molar-refractivity contribution in [2.75, 3.05) is 5.75 Å². The van der Waals surface area contributed by atoms with Gasteiger partial charge in [0.15, 0.2) is 11.4 Å². The molecule has 7 nitrogen and oxygen atoms in total. The van der Waals surface area contributed by atoms with E-state index < -0.39 is 11.2 Å². The topological polar surface area (TPSA) is 97.7 Å². The molecule has 0 spiro atoms. The second kappa shape index (κ2) is 8.03. The normalized spacial score (nSPS) is 16.0. The van der Waals surface area contributed by atoms with Crippen LogP contribution in [0.3, 0.4) is 0 Å². The predicted molar refractivity (Wildman–Crippen MR) is 115 cm³/mol. The maximum absolute atomic E-state index is 13.0. The molecule has 1 aromatic carbocycles. The number of aromatic nitrogens is 4. The van der Waals surface area contributed by atoms with Crippen LogP contribution < -0.4 is 11.2 Å². The zero-order valence-corrected chi connectivity index (χ0v) is 17.6. The summed E-state index contributed by atoms with van der Waals surface area (Å²) in [6.07, 6.45) is 4.73. The third-order valence-corrected chi connectivity index (χ3v) is 6.64. The number of nitrogens with zero attached hydrogens (tertiary/aromatic N) is 3. The van der Waals surface area contributed by atoms with Crippen molar-refractivity contribution >= 4 is 28.6 Å². The van der Waals surface area contributed by atoms with Crippen LogP contribution in [0.1, 0.15) is 66.7 Å². The molecule has 0 aliphatic heterocycles. The van der Waals surface area contributed by atoms with Gasteiger partial charge in [-0.25, -0.2) is 19.2 Å². The van der Waals surface area contributed by atoms with Crippen molar-refractivity contribution in [3.8, 4) is 0 Å². The highest BCUT2D eigenvalue weighted by atomic mass is 32.2. The van der Waals surface area contributed by atoms with Crippen LogP contribution >= 0.6 is 11.8 Å². The number of ketones is 1. The van der Waals surface area contributed by atoms with Crippen LogP contribution in [0.4, 0.5) is 4.39 Å². The van der Waals surface area contributed by atoms with E-state index in [2.05, 4.69) is 15.0 Å². The highest BCUT2D eigenvalue weighted by Crippen LogP contribution is 2.40. The van der Waals surface area contributed by atoms with Crippen LogP contribution in [0.2, 0.25) is 0 Å². The summed E-state index contributed by atoms with van der Waals surface area (Å²) < 4.78 is 14.6. The highest BCUT2D eigenvalue weighted by Gasteiger charge is 2.32. The first-order valence-corrected chi connectivity index (χ1v) is 11.5.